The molecule has 1 aliphatic rings. The SMILES string of the molecule is CCCCCCCCCCCCCCC=COC(=O)C1CCCC(C)C1C(=O)OC=CCCCCCCCCCCCCCC. The van der Waals surface area contributed by atoms with Gasteiger partial charge in [0.2, 0.25) is 0 Å². The standard InChI is InChI=1S/C41H74O4/c1-4-6-8-10-12-14-16-18-20-22-24-26-28-30-35-44-40(42)38-34-32-33-37(3)39(38)41(43)45-36-31-29-27-25-23-21-19-17-15-13-11-9-7-5-2/h30-31,35-39H,4-29,32-34H2,1-3H3. The third-order valence-corrected chi connectivity index (χ3v) is 9.81. The van der Waals surface area contributed by atoms with Gasteiger partial charge in [0, 0.05) is 0 Å². The molecular weight excluding hydrogens is 556 g/mol. The Labute approximate surface area is 280 Å². The van der Waals surface area contributed by atoms with Crippen LogP contribution in [0.1, 0.15) is 207 Å². The van der Waals surface area contributed by atoms with Crippen molar-refractivity contribution < 1.29 is 19.1 Å². The van der Waals surface area contributed by atoms with E-state index in [2.05, 4.69) is 20.8 Å². The molecule has 0 saturated heterocycles. The first kappa shape index (κ1) is 41.4. The van der Waals surface area contributed by atoms with Crippen molar-refractivity contribution in [2.75, 3.05) is 0 Å². The predicted octanol–water partition coefficient (Wildman–Crippen LogP) is 13.3. The number of carbonyl (C=O) groups is 2. The third kappa shape index (κ3) is 23.4. The van der Waals surface area contributed by atoms with E-state index >= 15 is 0 Å². The van der Waals surface area contributed by atoms with Gasteiger partial charge in [-0.05, 0) is 56.6 Å². The minimum atomic E-state index is -0.424. The molecule has 45 heavy (non-hydrogen) atoms. The Morgan fingerprint density at radius 3 is 1.27 bits per heavy atom. The van der Waals surface area contributed by atoms with Crippen molar-refractivity contribution in [1.82, 2.24) is 0 Å². The van der Waals surface area contributed by atoms with Gasteiger partial charge in [-0.25, -0.2) is 0 Å². The lowest BCUT2D eigenvalue weighted by Gasteiger charge is -2.32. The summed E-state index contributed by atoms with van der Waals surface area (Å²) in [5.41, 5.74) is 0. The first-order valence-corrected chi connectivity index (χ1v) is 19.8. The van der Waals surface area contributed by atoms with Crippen LogP contribution in [0.5, 0.6) is 0 Å². The highest BCUT2D eigenvalue weighted by atomic mass is 16.5. The van der Waals surface area contributed by atoms with Gasteiger partial charge in [-0.1, -0.05) is 168 Å². The third-order valence-electron chi connectivity index (χ3n) is 9.81. The van der Waals surface area contributed by atoms with Crippen molar-refractivity contribution in [3.63, 3.8) is 0 Å². The van der Waals surface area contributed by atoms with Gasteiger partial charge >= 0.3 is 11.9 Å². The lowest BCUT2D eigenvalue weighted by atomic mass is 9.73. The van der Waals surface area contributed by atoms with Crippen molar-refractivity contribution in [1.29, 1.82) is 0 Å². The van der Waals surface area contributed by atoms with Crippen LogP contribution in [-0.2, 0) is 19.1 Å². The van der Waals surface area contributed by atoms with Gasteiger partial charge in [-0.15, -0.1) is 0 Å². The highest BCUT2D eigenvalue weighted by Crippen LogP contribution is 2.36. The highest BCUT2D eigenvalue weighted by molar-refractivity contribution is 5.83. The molecular formula is C41H74O4. The van der Waals surface area contributed by atoms with E-state index in [4.69, 9.17) is 9.47 Å². The smallest absolute Gasteiger partial charge is 0.314 e. The number of ether oxygens (including phenoxy) is 2. The molecule has 4 nitrogen and oxygen atoms in total. The van der Waals surface area contributed by atoms with Gasteiger partial charge in [0.25, 0.3) is 0 Å². The second-order valence-electron chi connectivity index (χ2n) is 14.0. The Hall–Kier alpha value is -1.58. The molecule has 0 spiro atoms. The zero-order valence-electron chi connectivity index (χ0n) is 30.2. The van der Waals surface area contributed by atoms with Crippen molar-refractivity contribution >= 4 is 11.9 Å². The molecule has 0 aromatic heterocycles. The molecule has 3 unspecified atom stereocenters. The Morgan fingerprint density at radius 1 is 0.511 bits per heavy atom. The van der Waals surface area contributed by atoms with Crippen LogP contribution in [-0.4, -0.2) is 11.9 Å². The zero-order valence-corrected chi connectivity index (χ0v) is 30.2. The van der Waals surface area contributed by atoms with Crippen LogP contribution in [0.4, 0.5) is 0 Å². The minimum Gasteiger partial charge on any atom is -0.435 e. The molecule has 0 N–H and O–H groups in total. The van der Waals surface area contributed by atoms with Crippen LogP contribution < -0.4 is 0 Å². The molecule has 1 saturated carbocycles. The summed E-state index contributed by atoms with van der Waals surface area (Å²) in [6.45, 7) is 6.61. The van der Waals surface area contributed by atoms with E-state index in [1.54, 1.807) is 12.5 Å². The Balaban J connectivity index is 2.13. The number of allylic oxidation sites excluding steroid dienone is 2. The van der Waals surface area contributed by atoms with Crippen LogP contribution in [0, 0.1) is 17.8 Å². The first-order chi connectivity index (χ1) is 22.1. The summed E-state index contributed by atoms with van der Waals surface area (Å²) in [5.74, 6) is -1.28. The van der Waals surface area contributed by atoms with E-state index in [-0.39, 0.29) is 17.9 Å². The lowest BCUT2D eigenvalue weighted by molar-refractivity contribution is -0.159. The van der Waals surface area contributed by atoms with Crippen LogP contribution >= 0.6 is 0 Å². The van der Waals surface area contributed by atoms with E-state index in [0.717, 1.165) is 38.5 Å². The van der Waals surface area contributed by atoms with Gasteiger partial charge < -0.3 is 9.47 Å². The number of rotatable bonds is 30. The van der Waals surface area contributed by atoms with Gasteiger partial charge in [0.15, 0.2) is 0 Å². The maximum atomic E-state index is 13.0. The molecule has 0 radical (unpaired) electrons. The van der Waals surface area contributed by atoms with Crippen LogP contribution in [0.3, 0.4) is 0 Å². The highest BCUT2D eigenvalue weighted by Gasteiger charge is 2.41. The summed E-state index contributed by atoms with van der Waals surface area (Å²) < 4.78 is 11.0. The summed E-state index contributed by atoms with van der Waals surface area (Å²) >= 11 is 0. The Morgan fingerprint density at radius 2 is 0.867 bits per heavy atom. The van der Waals surface area contributed by atoms with E-state index in [0.29, 0.717) is 6.42 Å². The Kier molecular flexibility index (Phi) is 28.6. The Bertz CT molecular complexity index is 742. The second-order valence-corrected chi connectivity index (χ2v) is 14.0. The molecule has 0 amide bonds. The molecule has 0 aromatic carbocycles. The van der Waals surface area contributed by atoms with E-state index in [1.165, 1.54) is 141 Å². The number of hydrogen-bond donors (Lipinski definition) is 0. The summed E-state index contributed by atoms with van der Waals surface area (Å²) in [6, 6.07) is 0. The van der Waals surface area contributed by atoms with Crippen LogP contribution in [0.25, 0.3) is 0 Å². The normalized spacial score (nSPS) is 18.6. The quantitative estimate of drug-likeness (QED) is 0.0450. The number of unbranched alkanes of at least 4 members (excludes halogenated alkanes) is 24. The number of hydrogen-bond acceptors (Lipinski definition) is 4. The molecule has 1 aliphatic carbocycles. The average molecular weight is 631 g/mol. The van der Waals surface area contributed by atoms with E-state index in [9.17, 15) is 9.59 Å². The maximum Gasteiger partial charge on any atom is 0.314 e. The molecule has 0 aromatic rings. The minimum absolute atomic E-state index is 0.124. The summed E-state index contributed by atoms with van der Waals surface area (Å²) in [5, 5.41) is 0. The zero-order chi connectivity index (χ0) is 32.6. The van der Waals surface area contributed by atoms with Crippen LogP contribution in [0.15, 0.2) is 24.7 Å². The molecule has 1 rings (SSSR count). The fraction of sp³-hybridized carbons (Fsp3) is 0.854. The summed E-state index contributed by atoms with van der Waals surface area (Å²) in [4.78, 5) is 25.9. The van der Waals surface area contributed by atoms with Crippen molar-refractivity contribution in [3.8, 4) is 0 Å². The topological polar surface area (TPSA) is 52.6 Å². The molecule has 0 heterocycles. The lowest BCUT2D eigenvalue weighted by Crippen LogP contribution is -2.38. The molecule has 262 valence electrons. The van der Waals surface area contributed by atoms with E-state index < -0.39 is 11.8 Å². The number of esters is 2. The fourth-order valence-corrected chi connectivity index (χ4v) is 6.82. The summed E-state index contributed by atoms with van der Waals surface area (Å²) in [7, 11) is 0. The van der Waals surface area contributed by atoms with Gasteiger partial charge in [0.1, 0.15) is 0 Å². The maximum absolute atomic E-state index is 13.0. The van der Waals surface area contributed by atoms with Gasteiger partial charge in [-0.2, -0.15) is 0 Å². The fourth-order valence-electron chi connectivity index (χ4n) is 6.82. The number of carbonyl (C=O) groups excluding carboxylic acids is 2. The van der Waals surface area contributed by atoms with E-state index in [1.807, 2.05) is 12.2 Å². The molecule has 0 aliphatic heterocycles. The van der Waals surface area contributed by atoms with Gasteiger partial charge in [0.05, 0.1) is 24.4 Å². The van der Waals surface area contributed by atoms with Crippen molar-refractivity contribution in [3.05, 3.63) is 24.7 Å². The largest absolute Gasteiger partial charge is 0.435 e. The second kappa shape index (κ2) is 31.0. The van der Waals surface area contributed by atoms with Crippen LogP contribution in [0.2, 0.25) is 0 Å². The van der Waals surface area contributed by atoms with Gasteiger partial charge in [-0.3, -0.25) is 9.59 Å². The molecule has 0 bridgehead atoms. The summed E-state index contributed by atoms with van der Waals surface area (Å²) in [6.07, 6.45) is 43.6. The predicted molar refractivity (Wildman–Crippen MR) is 192 cm³/mol. The van der Waals surface area contributed by atoms with Crippen molar-refractivity contribution in [2.45, 2.75) is 207 Å². The monoisotopic (exact) mass is 631 g/mol. The molecule has 1 fully saturated rings. The first-order valence-electron chi connectivity index (χ1n) is 19.8. The molecule has 4 heteroatoms. The molecule has 3 atom stereocenters. The van der Waals surface area contributed by atoms with Crippen molar-refractivity contribution in [2.24, 2.45) is 17.8 Å². The average Bonchev–Trinajstić information content (AvgIpc) is 3.04.